The van der Waals surface area contributed by atoms with Crippen LogP contribution in [0.1, 0.15) is 27.7 Å². The Morgan fingerprint density at radius 2 is 1.50 bits per heavy atom. The van der Waals surface area contributed by atoms with Gasteiger partial charge < -0.3 is 13.7 Å². The fourth-order valence-electron chi connectivity index (χ4n) is 2.36. The monoisotopic (exact) mass is 306 g/mol. The molecule has 22 heavy (non-hydrogen) atoms. The van der Waals surface area contributed by atoms with Crippen LogP contribution in [0.4, 0.5) is 8.78 Å². The van der Waals surface area contributed by atoms with Crippen molar-refractivity contribution in [1.82, 2.24) is 0 Å². The van der Waals surface area contributed by atoms with Gasteiger partial charge >= 0.3 is 7.12 Å². The molecule has 2 aromatic rings. The molecule has 0 unspecified atom stereocenters. The fraction of sp³-hybridized carbons (Fsp3) is 0.375. The summed E-state index contributed by atoms with van der Waals surface area (Å²) in [5.41, 5.74) is -1.01. The summed E-state index contributed by atoms with van der Waals surface area (Å²) in [4.78, 5) is 0. The highest BCUT2D eigenvalue weighted by Gasteiger charge is 2.52. The highest BCUT2D eigenvalue weighted by molar-refractivity contribution is 6.62. The van der Waals surface area contributed by atoms with Crippen LogP contribution in [0.25, 0.3) is 11.3 Å². The van der Waals surface area contributed by atoms with Crippen molar-refractivity contribution in [3.8, 4) is 11.3 Å². The van der Waals surface area contributed by atoms with Crippen LogP contribution in [0, 0.1) is 11.6 Å². The van der Waals surface area contributed by atoms with Crippen LogP contribution in [0.3, 0.4) is 0 Å². The quantitative estimate of drug-likeness (QED) is 0.796. The van der Waals surface area contributed by atoms with E-state index in [2.05, 4.69) is 0 Å². The van der Waals surface area contributed by atoms with Crippen molar-refractivity contribution < 1.29 is 22.5 Å². The second-order valence-corrected chi connectivity index (χ2v) is 6.43. The maximum absolute atomic E-state index is 14.3. The molecule has 0 amide bonds. The molecule has 3 nitrogen and oxygen atoms in total. The number of hydrogen-bond acceptors (Lipinski definition) is 3. The Labute approximate surface area is 128 Å². The van der Waals surface area contributed by atoms with Gasteiger partial charge in [-0.3, -0.25) is 0 Å². The minimum Gasteiger partial charge on any atom is -0.464 e. The van der Waals surface area contributed by atoms with Gasteiger partial charge in [-0.2, -0.15) is 0 Å². The number of halogens is 2. The minimum absolute atomic E-state index is 0.149. The molecule has 1 aliphatic rings. The molecule has 1 aliphatic heterocycles. The van der Waals surface area contributed by atoms with E-state index in [9.17, 15) is 8.78 Å². The Kier molecular flexibility index (Phi) is 3.42. The molecule has 1 saturated heterocycles. The summed E-state index contributed by atoms with van der Waals surface area (Å²) < 4.78 is 45.3. The van der Waals surface area contributed by atoms with Gasteiger partial charge in [-0.15, -0.1) is 0 Å². The number of benzene rings is 1. The number of furan rings is 1. The van der Waals surface area contributed by atoms with Crippen LogP contribution in [-0.2, 0) is 9.31 Å². The van der Waals surface area contributed by atoms with Crippen LogP contribution < -0.4 is 5.46 Å². The van der Waals surface area contributed by atoms with Gasteiger partial charge in [0, 0.05) is 0 Å². The number of hydrogen-bond donors (Lipinski definition) is 0. The van der Waals surface area contributed by atoms with Crippen molar-refractivity contribution in [2.45, 2.75) is 38.9 Å². The predicted molar refractivity (Wildman–Crippen MR) is 79.8 cm³/mol. The molecule has 0 atom stereocenters. The lowest BCUT2D eigenvalue weighted by molar-refractivity contribution is 0.00578. The summed E-state index contributed by atoms with van der Waals surface area (Å²) in [5, 5.41) is 0. The van der Waals surface area contributed by atoms with Gasteiger partial charge in [0.05, 0.1) is 23.0 Å². The van der Waals surface area contributed by atoms with E-state index in [4.69, 9.17) is 13.7 Å². The lowest BCUT2D eigenvalue weighted by Gasteiger charge is -2.32. The third-order valence-electron chi connectivity index (χ3n) is 4.36. The second kappa shape index (κ2) is 4.93. The Morgan fingerprint density at radius 1 is 0.955 bits per heavy atom. The van der Waals surface area contributed by atoms with Crippen molar-refractivity contribution in [2.24, 2.45) is 0 Å². The smallest absolute Gasteiger partial charge is 0.464 e. The fourth-order valence-corrected chi connectivity index (χ4v) is 2.36. The summed E-state index contributed by atoms with van der Waals surface area (Å²) in [5.74, 6) is -1.27. The van der Waals surface area contributed by atoms with Crippen molar-refractivity contribution in [2.75, 3.05) is 0 Å². The highest BCUT2D eigenvalue weighted by atomic mass is 19.1. The zero-order valence-corrected chi connectivity index (χ0v) is 12.9. The van der Waals surface area contributed by atoms with E-state index in [1.807, 2.05) is 27.7 Å². The van der Waals surface area contributed by atoms with Crippen LogP contribution in [-0.4, -0.2) is 18.3 Å². The maximum atomic E-state index is 14.3. The Balaban J connectivity index is 1.98. The molecule has 1 aromatic heterocycles. The van der Waals surface area contributed by atoms with Crippen molar-refractivity contribution in [3.63, 3.8) is 0 Å². The second-order valence-electron chi connectivity index (χ2n) is 6.43. The molecule has 6 heteroatoms. The van der Waals surface area contributed by atoms with Gasteiger partial charge in [-0.05, 0) is 57.4 Å². The van der Waals surface area contributed by atoms with Gasteiger partial charge in [0.15, 0.2) is 0 Å². The minimum atomic E-state index is -0.806. The Bertz CT molecular complexity index is 656. The number of rotatable bonds is 2. The maximum Gasteiger partial charge on any atom is 0.495 e. The summed E-state index contributed by atoms with van der Waals surface area (Å²) in [7, 11) is -0.806. The van der Waals surface area contributed by atoms with Crippen LogP contribution in [0.2, 0.25) is 0 Å². The molecule has 3 rings (SSSR count). The molecule has 0 bridgehead atoms. The summed E-state index contributed by atoms with van der Waals surface area (Å²) in [6.45, 7) is 7.54. The van der Waals surface area contributed by atoms with Gasteiger partial charge in [0.25, 0.3) is 0 Å². The van der Waals surface area contributed by atoms with Gasteiger partial charge in [-0.25, -0.2) is 8.78 Å². The average molecular weight is 306 g/mol. The molecule has 0 aliphatic carbocycles. The first-order valence-electron chi connectivity index (χ1n) is 7.10. The van der Waals surface area contributed by atoms with Crippen molar-refractivity contribution in [1.29, 1.82) is 0 Å². The van der Waals surface area contributed by atoms with Gasteiger partial charge in [0.1, 0.15) is 17.4 Å². The molecule has 116 valence electrons. The molecule has 1 aromatic carbocycles. The molecule has 0 radical (unpaired) electrons. The first kappa shape index (κ1) is 15.2. The van der Waals surface area contributed by atoms with E-state index >= 15 is 0 Å². The molecule has 0 spiro atoms. The average Bonchev–Trinajstić information content (AvgIpc) is 2.96. The summed E-state index contributed by atoms with van der Waals surface area (Å²) >= 11 is 0. The third kappa shape index (κ3) is 2.36. The molecular weight excluding hydrogens is 289 g/mol. The normalized spacial score (nSPS) is 19.6. The van der Waals surface area contributed by atoms with E-state index < -0.39 is 30.0 Å². The lowest BCUT2D eigenvalue weighted by Crippen LogP contribution is -2.41. The largest absolute Gasteiger partial charge is 0.495 e. The molecule has 1 fully saturated rings. The molecule has 0 N–H and O–H groups in total. The first-order valence-corrected chi connectivity index (χ1v) is 7.10. The highest BCUT2D eigenvalue weighted by Crippen LogP contribution is 2.37. The topological polar surface area (TPSA) is 31.6 Å². The van der Waals surface area contributed by atoms with E-state index in [1.165, 1.54) is 24.5 Å². The van der Waals surface area contributed by atoms with Crippen LogP contribution in [0.5, 0.6) is 0 Å². The summed E-state index contributed by atoms with van der Waals surface area (Å²) in [6.07, 6.45) is 1.37. The SMILES string of the molecule is CC1(C)OB(c2cc(F)c(-c3ccco3)c(F)c2)OC1(C)C. The standard InChI is InChI=1S/C16H17BF2O3/c1-15(2)16(3,4)22-17(21-15)10-8-11(18)14(12(19)9-10)13-6-5-7-20-13/h5-9H,1-4H3. The molecular formula is C16H17BF2O3. The van der Waals surface area contributed by atoms with E-state index in [-0.39, 0.29) is 11.3 Å². The Morgan fingerprint density at radius 3 is 1.95 bits per heavy atom. The van der Waals surface area contributed by atoms with Crippen molar-refractivity contribution in [3.05, 3.63) is 42.2 Å². The van der Waals surface area contributed by atoms with Gasteiger partial charge in [0.2, 0.25) is 0 Å². The van der Waals surface area contributed by atoms with E-state index in [0.717, 1.165) is 0 Å². The van der Waals surface area contributed by atoms with Crippen molar-refractivity contribution >= 4 is 12.6 Å². The Hall–Kier alpha value is -1.66. The van der Waals surface area contributed by atoms with Crippen LogP contribution in [0.15, 0.2) is 34.9 Å². The lowest BCUT2D eigenvalue weighted by atomic mass is 9.78. The molecule has 2 heterocycles. The van der Waals surface area contributed by atoms with Gasteiger partial charge in [-0.1, -0.05) is 0 Å². The predicted octanol–water partition coefficient (Wildman–Crippen LogP) is 3.52. The summed E-state index contributed by atoms with van der Waals surface area (Å²) in [6, 6.07) is 5.54. The third-order valence-corrected chi connectivity index (χ3v) is 4.36. The molecule has 0 saturated carbocycles. The van der Waals surface area contributed by atoms with Crippen LogP contribution >= 0.6 is 0 Å². The van der Waals surface area contributed by atoms with E-state index in [0.29, 0.717) is 5.46 Å². The zero-order valence-electron chi connectivity index (χ0n) is 12.9. The zero-order chi connectivity index (χ0) is 16.1. The van der Waals surface area contributed by atoms with E-state index in [1.54, 1.807) is 6.07 Å². The first-order chi connectivity index (χ1) is 10.2.